The van der Waals surface area contributed by atoms with Crippen LogP contribution in [0, 0.1) is 6.92 Å². The topological polar surface area (TPSA) is 70.7 Å². The zero-order valence-electron chi connectivity index (χ0n) is 10.8. The second-order valence-corrected chi connectivity index (χ2v) is 4.59. The predicted molar refractivity (Wildman–Crippen MR) is 76.0 cm³/mol. The number of hydrogen-bond acceptors (Lipinski definition) is 4. The molecule has 1 aromatic heterocycles. The quantitative estimate of drug-likeness (QED) is 0.665. The van der Waals surface area contributed by atoms with E-state index >= 15 is 0 Å². The molecule has 0 aliphatic carbocycles. The summed E-state index contributed by atoms with van der Waals surface area (Å²) in [5.41, 5.74) is 1.36. The predicted octanol–water partition coefficient (Wildman–Crippen LogP) is 3.18. The molecule has 4 nitrogen and oxygen atoms in total. The van der Waals surface area contributed by atoms with Crippen LogP contribution in [0.4, 0.5) is 0 Å². The smallest absolute Gasteiger partial charge is 0.336 e. The third-order valence-electron chi connectivity index (χ3n) is 3.32. The van der Waals surface area contributed by atoms with Gasteiger partial charge < -0.3 is 14.6 Å². The number of phenols is 2. The summed E-state index contributed by atoms with van der Waals surface area (Å²) in [6, 6.07) is 11.9. The lowest BCUT2D eigenvalue weighted by molar-refractivity contribution is 0.444. The second kappa shape index (κ2) is 4.42. The maximum absolute atomic E-state index is 11.7. The Bertz CT molecular complexity index is 848. The van der Waals surface area contributed by atoms with Gasteiger partial charge in [-0.15, -0.1) is 0 Å². The molecular weight excluding hydrogens is 256 g/mol. The van der Waals surface area contributed by atoms with Gasteiger partial charge in [0, 0.05) is 23.3 Å². The van der Waals surface area contributed by atoms with Crippen molar-refractivity contribution in [2.75, 3.05) is 0 Å². The molecule has 0 saturated heterocycles. The van der Waals surface area contributed by atoms with E-state index in [9.17, 15) is 15.0 Å². The molecular formula is C16H12O4. The van der Waals surface area contributed by atoms with Crippen LogP contribution < -0.4 is 5.63 Å². The van der Waals surface area contributed by atoms with E-state index in [4.69, 9.17) is 4.42 Å². The largest absolute Gasteiger partial charge is 0.507 e. The highest BCUT2D eigenvalue weighted by Gasteiger charge is 2.16. The lowest BCUT2D eigenvalue weighted by Crippen LogP contribution is -1.98. The van der Waals surface area contributed by atoms with Crippen LogP contribution in [0.2, 0.25) is 0 Å². The first kappa shape index (κ1) is 12.3. The zero-order valence-corrected chi connectivity index (χ0v) is 10.8. The van der Waals surface area contributed by atoms with Crippen molar-refractivity contribution in [1.29, 1.82) is 0 Å². The summed E-state index contributed by atoms with van der Waals surface area (Å²) in [6.45, 7) is 1.60. The average molecular weight is 268 g/mol. The van der Waals surface area contributed by atoms with Gasteiger partial charge in [0.2, 0.25) is 0 Å². The number of hydrogen-bond donors (Lipinski definition) is 2. The van der Waals surface area contributed by atoms with E-state index in [0.29, 0.717) is 16.5 Å². The van der Waals surface area contributed by atoms with Crippen LogP contribution in [0.3, 0.4) is 0 Å². The van der Waals surface area contributed by atoms with E-state index < -0.39 is 5.63 Å². The fraction of sp³-hybridized carbons (Fsp3) is 0.0625. The summed E-state index contributed by atoms with van der Waals surface area (Å²) in [5.74, 6) is -0.189. The molecule has 1 heterocycles. The van der Waals surface area contributed by atoms with E-state index in [0.717, 1.165) is 5.56 Å². The Morgan fingerprint density at radius 3 is 2.45 bits per heavy atom. The first-order chi connectivity index (χ1) is 9.58. The molecule has 0 fully saturated rings. The average Bonchev–Trinajstić information content (AvgIpc) is 2.45. The molecule has 0 aliphatic heterocycles. The van der Waals surface area contributed by atoms with Gasteiger partial charge >= 0.3 is 5.63 Å². The van der Waals surface area contributed by atoms with E-state index in [1.165, 1.54) is 12.1 Å². The highest BCUT2D eigenvalue weighted by atomic mass is 16.4. The Morgan fingerprint density at radius 1 is 1.05 bits per heavy atom. The van der Waals surface area contributed by atoms with Gasteiger partial charge in [0.15, 0.2) is 0 Å². The minimum atomic E-state index is -0.529. The Kier molecular flexibility index (Phi) is 2.71. The first-order valence-corrected chi connectivity index (χ1v) is 6.12. The number of fused-ring (bicyclic) bond motifs is 1. The highest BCUT2D eigenvalue weighted by molar-refractivity contribution is 5.99. The van der Waals surface area contributed by atoms with Gasteiger partial charge in [-0.3, -0.25) is 0 Å². The van der Waals surface area contributed by atoms with Crippen LogP contribution in [0.1, 0.15) is 5.56 Å². The molecule has 0 saturated carbocycles. The van der Waals surface area contributed by atoms with Crippen LogP contribution in [0.15, 0.2) is 51.7 Å². The van der Waals surface area contributed by atoms with Crippen LogP contribution >= 0.6 is 0 Å². The third kappa shape index (κ3) is 1.82. The van der Waals surface area contributed by atoms with Gasteiger partial charge in [-0.05, 0) is 12.5 Å². The monoisotopic (exact) mass is 268 g/mol. The van der Waals surface area contributed by atoms with Crippen molar-refractivity contribution in [1.82, 2.24) is 0 Å². The van der Waals surface area contributed by atoms with Crippen molar-refractivity contribution in [3.05, 3.63) is 58.4 Å². The van der Waals surface area contributed by atoms with Crippen molar-refractivity contribution in [3.8, 4) is 22.6 Å². The summed E-state index contributed by atoms with van der Waals surface area (Å²) >= 11 is 0. The summed E-state index contributed by atoms with van der Waals surface area (Å²) in [4.78, 5) is 11.7. The highest BCUT2D eigenvalue weighted by Crippen LogP contribution is 2.39. The maximum Gasteiger partial charge on any atom is 0.336 e. The SMILES string of the molecule is Cc1c(O)cc2oc(=O)cc(-c3ccccc3)c2c1O. The van der Waals surface area contributed by atoms with Gasteiger partial charge in [0.25, 0.3) is 0 Å². The standard InChI is InChI=1S/C16H12O4/c1-9-12(17)8-13-15(16(9)19)11(7-14(18)20-13)10-5-3-2-4-6-10/h2-8,17,19H,1H3. The summed E-state index contributed by atoms with van der Waals surface area (Å²) in [7, 11) is 0. The molecule has 0 atom stereocenters. The minimum Gasteiger partial charge on any atom is -0.507 e. The molecule has 20 heavy (non-hydrogen) atoms. The molecule has 0 radical (unpaired) electrons. The molecule has 3 rings (SSSR count). The molecule has 4 heteroatoms. The Morgan fingerprint density at radius 2 is 1.75 bits per heavy atom. The van der Waals surface area contributed by atoms with Crippen LogP contribution in [0.25, 0.3) is 22.1 Å². The molecule has 0 amide bonds. The minimum absolute atomic E-state index is 0.0809. The Labute approximate surface area is 114 Å². The van der Waals surface area contributed by atoms with E-state index in [1.54, 1.807) is 6.92 Å². The fourth-order valence-electron chi connectivity index (χ4n) is 2.24. The van der Waals surface area contributed by atoms with Crippen molar-refractivity contribution >= 4 is 11.0 Å². The summed E-state index contributed by atoms with van der Waals surface area (Å²) < 4.78 is 5.06. The van der Waals surface area contributed by atoms with E-state index in [2.05, 4.69) is 0 Å². The van der Waals surface area contributed by atoms with E-state index in [1.807, 2.05) is 30.3 Å². The molecule has 100 valence electrons. The van der Waals surface area contributed by atoms with Gasteiger partial charge in [0.1, 0.15) is 17.1 Å². The molecule has 0 unspecified atom stereocenters. The molecule has 0 aliphatic rings. The van der Waals surface area contributed by atoms with Gasteiger partial charge in [-0.25, -0.2) is 4.79 Å². The van der Waals surface area contributed by atoms with Gasteiger partial charge in [-0.2, -0.15) is 0 Å². The number of benzene rings is 2. The molecule has 3 aromatic rings. The van der Waals surface area contributed by atoms with Gasteiger partial charge in [0.05, 0.1) is 5.39 Å². The number of rotatable bonds is 1. The first-order valence-electron chi connectivity index (χ1n) is 6.12. The van der Waals surface area contributed by atoms with Crippen LogP contribution in [0.5, 0.6) is 11.5 Å². The number of phenolic OH excluding ortho intramolecular Hbond substituents is 2. The lowest BCUT2D eigenvalue weighted by Gasteiger charge is -2.10. The molecule has 2 aromatic carbocycles. The third-order valence-corrected chi connectivity index (χ3v) is 3.32. The molecule has 0 spiro atoms. The maximum atomic E-state index is 11.7. The number of aromatic hydroxyl groups is 2. The molecule has 2 N–H and O–H groups in total. The van der Waals surface area contributed by atoms with E-state index in [-0.39, 0.29) is 17.1 Å². The summed E-state index contributed by atoms with van der Waals surface area (Å²) in [5, 5.41) is 20.4. The Balaban J connectivity index is 2.49. The van der Waals surface area contributed by atoms with Crippen molar-refractivity contribution in [3.63, 3.8) is 0 Å². The van der Waals surface area contributed by atoms with Crippen molar-refractivity contribution in [2.24, 2.45) is 0 Å². The van der Waals surface area contributed by atoms with Crippen LogP contribution in [-0.4, -0.2) is 10.2 Å². The van der Waals surface area contributed by atoms with Gasteiger partial charge in [-0.1, -0.05) is 30.3 Å². The van der Waals surface area contributed by atoms with Crippen LogP contribution in [-0.2, 0) is 0 Å². The lowest BCUT2D eigenvalue weighted by atomic mass is 9.99. The van der Waals surface area contributed by atoms with Crippen molar-refractivity contribution < 1.29 is 14.6 Å². The zero-order chi connectivity index (χ0) is 14.3. The molecule has 0 bridgehead atoms. The Hall–Kier alpha value is -2.75. The summed E-state index contributed by atoms with van der Waals surface area (Å²) in [6.07, 6.45) is 0. The fourth-order valence-corrected chi connectivity index (χ4v) is 2.24. The normalized spacial score (nSPS) is 10.8. The van der Waals surface area contributed by atoms with Crippen molar-refractivity contribution in [2.45, 2.75) is 6.92 Å². The second-order valence-electron chi connectivity index (χ2n) is 4.59.